The summed E-state index contributed by atoms with van der Waals surface area (Å²) in [6, 6.07) is 4.62. The first-order valence-electron chi connectivity index (χ1n) is 6.49. The maximum absolute atomic E-state index is 11.9. The van der Waals surface area contributed by atoms with Crippen LogP contribution in [0.15, 0.2) is 24.3 Å². The number of hydrogen-bond acceptors (Lipinski definition) is 5. The molecule has 0 fully saturated rings. The van der Waals surface area contributed by atoms with Crippen molar-refractivity contribution in [3.63, 3.8) is 0 Å². The Labute approximate surface area is 127 Å². The van der Waals surface area contributed by atoms with Crippen LogP contribution in [-0.4, -0.2) is 46.2 Å². The molecule has 6 nitrogen and oxygen atoms in total. The van der Waals surface area contributed by atoms with E-state index >= 15 is 0 Å². The Morgan fingerprint density at radius 2 is 1.95 bits per heavy atom. The van der Waals surface area contributed by atoms with E-state index in [0.29, 0.717) is 12.2 Å². The summed E-state index contributed by atoms with van der Waals surface area (Å²) in [5.41, 5.74) is 6.59. The lowest BCUT2D eigenvalue weighted by molar-refractivity contribution is -0.142. The molecule has 0 radical (unpaired) electrons. The van der Waals surface area contributed by atoms with Crippen LogP contribution in [0.1, 0.15) is 12.0 Å². The molecule has 21 heavy (non-hydrogen) atoms. The van der Waals surface area contributed by atoms with Crippen LogP contribution >= 0.6 is 11.8 Å². The second kappa shape index (κ2) is 8.53. The Kier molecular flexibility index (Phi) is 7.04. The largest absolute Gasteiger partial charge is 0.508 e. The molecule has 0 aliphatic carbocycles. The highest BCUT2D eigenvalue weighted by Crippen LogP contribution is 2.11. The summed E-state index contributed by atoms with van der Waals surface area (Å²) in [5, 5.41) is 20.7. The maximum atomic E-state index is 11.9. The van der Waals surface area contributed by atoms with E-state index in [1.165, 1.54) is 23.9 Å². The highest BCUT2D eigenvalue weighted by molar-refractivity contribution is 7.98. The van der Waals surface area contributed by atoms with Gasteiger partial charge >= 0.3 is 5.97 Å². The van der Waals surface area contributed by atoms with E-state index in [0.717, 1.165) is 5.56 Å². The molecule has 1 aromatic carbocycles. The van der Waals surface area contributed by atoms with E-state index < -0.39 is 24.0 Å². The fourth-order valence-corrected chi connectivity index (χ4v) is 2.22. The molecule has 0 bridgehead atoms. The molecule has 2 atom stereocenters. The van der Waals surface area contributed by atoms with Crippen LogP contribution in [-0.2, 0) is 16.0 Å². The first-order valence-corrected chi connectivity index (χ1v) is 7.89. The molecule has 0 saturated heterocycles. The standard InChI is InChI=1S/C14H20N2O4S/c1-21-7-6-12(14(19)20)16-13(18)11(15)8-9-2-4-10(17)5-3-9/h2-5,11-12,17H,6-8,15H2,1H3,(H,16,18)(H,19,20)/t11-,12?/m0/s1. The highest BCUT2D eigenvalue weighted by atomic mass is 32.2. The van der Waals surface area contributed by atoms with Crippen molar-refractivity contribution in [2.45, 2.75) is 24.9 Å². The molecule has 1 aromatic rings. The first-order chi connectivity index (χ1) is 9.93. The van der Waals surface area contributed by atoms with E-state index in [1.54, 1.807) is 12.1 Å². The number of carbonyl (C=O) groups is 2. The second-order valence-electron chi connectivity index (χ2n) is 4.66. The molecule has 0 saturated carbocycles. The fourth-order valence-electron chi connectivity index (χ4n) is 1.75. The molecule has 7 heteroatoms. The van der Waals surface area contributed by atoms with Crippen molar-refractivity contribution in [3.05, 3.63) is 29.8 Å². The van der Waals surface area contributed by atoms with Gasteiger partial charge in [0.05, 0.1) is 6.04 Å². The van der Waals surface area contributed by atoms with Gasteiger partial charge in [0, 0.05) is 0 Å². The second-order valence-corrected chi connectivity index (χ2v) is 5.64. The van der Waals surface area contributed by atoms with Crippen LogP contribution in [0.3, 0.4) is 0 Å². The minimum atomic E-state index is -1.06. The van der Waals surface area contributed by atoms with Crippen molar-refractivity contribution in [2.24, 2.45) is 5.73 Å². The van der Waals surface area contributed by atoms with Crippen molar-refractivity contribution in [1.82, 2.24) is 5.32 Å². The number of rotatable bonds is 8. The zero-order valence-electron chi connectivity index (χ0n) is 11.8. The lowest BCUT2D eigenvalue weighted by Crippen LogP contribution is -2.49. The van der Waals surface area contributed by atoms with Crippen molar-refractivity contribution in [2.75, 3.05) is 12.0 Å². The average molecular weight is 312 g/mol. The number of nitrogens with one attached hydrogen (secondary N) is 1. The predicted molar refractivity (Wildman–Crippen MR) is 82.4 cm³/mol. The molecule has 1 rings (SSSR count). The van der Waals surface area contributed by atoms with Gasteiger partial charge in [0.2, 0.25) is 5.91 Å². The molecular weight excluding hydrogens is 292 g/mol. The van der Waals surface area contributed by atoms with Gasteiger partial charge in [0.25, 0.3) is 0 Å². The maximum Gasteiger partial charge on any atom is 0.326 e. The number of carboxylic acids is 1. The normalized spacial score (nSPS) is 13.4. The van der Waals surface area contributed by atoms with Gasteiger partial charge in [0.15, 0.2) is 0 Å². The minimum absolute atomic E-state index is 0.139. The molecule has 116 valence electrons. The third kappa shape index (κ3) is 6.05. The fraction of sp³-hybridized carbons (Fsp3) is 0.429. The number of amides is 1. The van der Waals surface area contributed by atoms with Gasteiger partial charge in [-0.15, -0.1) is 0 Å². The summed E-state index contributed by atoms with van der Waals surface area (Å²) < 4.78 is 0. The summed E-state index contributed by atoms with van der Waals surface area (Å²) in [6.45, 7) is 0. The zero-order chi connectivity index (χ0) is 15.8. The van der Waals surface area contributed by atoms with Gasteiger partial charge in [-0.25, -0.2) is 4.79 Å². The van der Waals surface area contributed by atoms with E-state index in [2.05, 4.69) is 5.32 Å². The number of aromatic hydroxyl groups is 1. The highest BCUT2D eigenvalue weighted by Gasteiger charge is 2.22. The molecule has 0 aromatic heterocycles. The number of aliphatic carboxylic acids is 1. The van der Waals surface area contributed by atoms with E-state index in [-0.39, 0.29) is 12.2 Å². The van der Waals surface area contributed by atoms with E-state index in [4.69, 9.17) is 10.8 Å². The van der Waals surface area contributed by atoms with Crippen LogP contribution in [0.2, 0.25) is 0 Å². The van der Waals surface area contributed by atoms with E-state index in [1.807, 2.05) is 6.26 Å². The lowest BCUT2D eigenvalue weighted by atomic mass is 10.1. The van der Waals surface area contributed by atoms with Gasteiger partial charge in [0.1, 0.15) is 11.8 Å². The van der Waals surface area contributed by atoms with Gasteiger partial charge in [-0.1, -0.05) is 12.1 Å². The van der Waals surface area contributed by atoms with Crippen LogP contribution in [0.25, 0.3) is 0 Å². The summed E-state index contributed by atoms with van der Waals surface area (Å²) >= 11 is 1.52. The van der Waals surface area contributed by atoms with Crippen LogP contribution in [0.5, 0.6) is 5.75 Å². The molecule has 0 spiro atoms. The van der Waals surface area contributed by atoms with Crippen molar-refractivity contribution in [3.8, 4) is 5.75 Å². The Bertz CT molecular complexity index is 478. The minimum Gasteiger partial charge on any atom is -0.508 e. The Morgan fingerprint density at radius 1 is 1.33 bits per heavy atom. The molecule has 0 aliphatic rings. The number of nitrogens with two attached hydrogens (primary N) is 1. The predicted octanol–water partition coefficient (Wildman–Crippen LogP) is 0.584. The molecule has 0 aliphatic heterocycles. The number of thioether (sulfide) groups is 1. The van der Waals surface area contributed by atoms with Gasteiger partial charge < -0.3 is 21.3 Å². The smallest absolute Gasteiger partial charge is 0.326 e. The van der Waals surface area contributed by atoms with Crippen molar-refractivity contribution >= 4 is 23.6 Å². The van der Waals surface area contributed by atoms with Crippen LogP contribution in [0, 0.1) is 0 Å². The quantitative estimate of drug-likeness (QED) is 0.559. The van der Waals surface area contributed by atoms with Gasteiger partial charge in [-0.3, -0.25) is 4.79 Å². The molecular formula is C14H20N2O4S. The number of carboxylic acid groups (broad SMARTS) is 1. The number of hydrogen-bond donors (Lipinski definition) is 4. The monoisotopic (exact) mass is 312 g/mol. The van der Waals surface area contributed by atoms with Gasteiger partial charge in [-0.05, 0) is 42.5 Å². The van der Waals surface area contributed by atoms with Crippen molar-refractivity contribution < 1.29 is 19.8 Å². The molecule has 5 N–H and O–H groups in total. The number of benzene rings is 1. The first kappa shape index (κ1) is 17.3. The average Bonchev–Trinajstić information content (AvgIpc) is 2.45. The summed E-state index contributed by atoms with van der Waals surface area (Å²) in [4.78, 5) is 23.0. The van der Waals surface area contributed by atoms with Crippen molar-refractivity contribution in [1.29, 1.82) is 0 Å². The third-order valence-corrected chi connectivity index (χ3v) is 3.60. The number of phenols is 1. The van der Waals surface area contributed by atoms with Crippen LogP contribution < -0.4 is 11.1 Å². The Balaban J connectivity index is 2.56. The molecule has 0 heterocycles. The SMILES string of the molecule is CSCCC(NC(=O)[C@@H](N)Cc1ccc(O)cc1)C(=O)O. The number of carbonyl (C=O) groups excluding carboxylic acids is 1. The third-order valence-electron chi connectivity index (χ3n) is 2.95. The summed E-state index contributed by atoms with van der Waals surface area (Å²) in [5.74, 6) is -0.768. The molecule has 1 unspecified atom stereocenters. The summed E-state index contributed by atoms with van der Waals surface area (Å²) in [6.07, 6.45) is 2.51. The Morgan fingerprint density at radius 3 is 2.48 bits per heavy atom. The summed E-state index contributed by atoms with van der Waals surface area (Å²) in [7, 11) is 0. The topological polar surface area (TPSA) is 113 Å². The van der Waals surface area contributed by atoms with E-state index in [9.17, 15) is 14.7 Å². The zero-order valence-corrected chi connectivity index (χ0v) is 12.6. The number of phenolic OH excluding ortho intramolecular Hbond substituents is 1. The lowest BCUT2D eigenvalue weighted by Gasteiger charge is -2.17. The molecule has 1 amide bonds. The Hall–Kier alpha value is -1.73. The van der Waals surface area contributed by atoms with Crippen LogP contribution in [0.4, 0.5) is 0 Å². The van der Waals surface area contributed by atoms with Gasteiger partial charge in [-0.2, -0.15) is 11.8 Å².